The van der Waals surface area contributed by atoms with Crippen molar-refractivity contribution in [3.63, 3.8) is 0 Å². The fourth-order valence-electron chi connectivity index (χ4n) is 2.51. The first-order chi connectivity index (χ1) is 5.89. The molecule has 0 radical (unpaired) electrons. The maximum atomic E-state index is 10.7. The van der Waals surface area contributed by atoms with E-state index >= 15 is 0 Å². The number of carbonyl (C=O) groups is 1. The summed E-state index contributed by atoms with van der Waals surface area (Å²) in [5.74, 6) is -0.719. The largest absolute Gasteiger partial charge is 0.481 e. The summed E-state index contributed by atoms with van der Waals surface area (Å²) in [6.07, 6.45) is 3.23. The summed E-state index contributed by atoms with van der Waals surface area (Å²) in [6, 6.07) is 0. The number of hydrogen-bond acceptors (Lipinski definition) is 2. The molecular formula is C10H19NO2. The van der Waals surface area contributed by atoms with Gasteiger partial charge in [0.15, 0.2) is 0 Å². The highest BCUT2D eigenvalue weighted by molar-refractivity contribution is 5.67. The van der Waals surface area contributed by atoms with E-state index in [4.69, 9.17) is 10.8 Å². The van der Waals surface area contributed by atoms with Gasteiger partial charge in [0.2, 0.25) is 0 Å². The second-order valence-electron chi connectivity index (χ2n) is 5.12. The lowest BCUT2D eigenvalue weighted by atomic mass is 9.79. The van der Waals surface area contributed by atoms with Crippen molar-refractivity contribution in [2.75, 3.05) is 6.54 Å². The smallest absolute Gasteiger partial charge is 0.303 e. The van der Waals surface area contributed by atoms with Gasteiger partial charge in [0.05, 0.1) is 6.42 Å². The molecule has 0 amide bonds. The molecule has 0 unspecified atom stereocenters. The average Bonchev–Trinajstić information content (AvgIpc) is 2.26. The number of rotatable bonds is 3. The maximum Gasteiger partial charge on any atom is 0.303 e. The van der Waals surface area contributed by atoms with Gasteiger partial charge in [0.1, 0.15) is 0 Å². The standard InChI is InChI=1S/C10H19NO2/c1-9(2)3-4-10(6-9,7-11)5-8(12)13/h3-7,11H2,1-2H3,(H,12,13)/t10-/m1/s1. The van der Waals surface area contributed by atoms with Crippen LogP contribution in [0.1, 0.15) is 39.5 Å². The van der Waals surface area contributed by atoms with Crippen LogP contribution in [0.15, 0.2) is 0 Å². The minimum atomic E-state index is -0.719. The molecule has 0 bridgehead atoms. The molecule has 3 heteroatoms. The molecule has 0 aromatic rings. The number of carboxylic acid groups (broad SMARTS) is 1. The van der Waals surface area contributed by atoms with E-state index in [1.54, 1.807) is 0 Å². The van der Waals surface area contributed by atoms with Crippen LogP contribution in [0, 0.1) is 10.8 Å². The zero-order valence-electron chi connectivity index (χ0n) is 8.47. The average molecular weight is 185 g/mol. The third-order valence-corrected chi connectivity index (χ3v) is 3.14. The highest BCUT2D eigenvalue weighted by Crippen LogP contribution is 2.50. The first kappa shape index (κ1) is 10.5. The lowest BCUT2D eigenvalue weighted by Gasteiger charge is -2.27. The number of nitrogens with two attached hydrogens (primary N) is 1. The van der Waals surface area contributed by atoms with E-state index in [9.17, 15) is 4.79 Å². The number of aliphatic carboxylic acids is 1. The van der Waals surface area contributed by atoms with E-state index < -0.39 is 5.97 Å². The van der Waals surface area contributed by atoms with Gasteiger partial charge >= 0.3 is 5.97 Å². The van der Waals surface area contributed by atoms with Crippen molar-refractivity contribution in [2.24, 2.45) is 16.6 Å². The summed E-state index contributed by atoms with van der Waals surface area (Å²) in [4.78, 5) is 10.7. The second-order valence-corrected chi connectivity index (χ2v) is 5.12. The van der Waals surface area contributed by atoms with E-state index in [0.29, 0.717) is 6.54 Å². The van der Waals surface area contributed by atoms with Gasteiger partial charge in [0, 0.05) is 0 Å². The van der Waals surface area contributed by atoms with Crippen molar-refractivity contribution in [2.45, 2.75) is 39.5 Å². The zero-order chi connectivity index (χ0) is 10.1. The lowest BCUT2D eigenvalue weighted by molar-refractivity contribution is -0.139. The summed E-state index contributed by atoms with van der Waals surface area (Å²) in [5, 5.41) is 8.78. The molecule has 0 aromatic heterocycles. The third kappa shape index (κ3) is 2.44. The van der Waals surface area contributed by atoms with Gasteiger partial charge in [-0.15, -0.1) is 0 Å². The predicted octanol–water partition coefficient (Wildman–Crippen LogP) is 1.62. The highest BCUT2D eigenvalue weighted by Gasteiger charge is 2.43. The quantitative estimate of drug-likeness (QED) is 0.702. The molecule has 1 aliphatic rings. The first-order valence-corrected chi connectivity index (χ1v) is 4.81. The van der Waals surface area contributed by atoms with Crippen molar-refractivity contribution < 1.29 is 9.90 Å². The van der Waals surface area contributed by atoms with Gasteiger partial charge in [0.25, 0.3) is 0 Å². The van der Waals surface area contributed by atoms with Crippen LogP contribution in [0.25, 0.3) is 0 Å². The molecule has 0 spiro atoms. The molecule has 0 aromatic carbocycles. The second kappa shape index (κ2) is 3.29. The summed E-state index contributed by atoms with van der Waals surface area (Å²) in [6.45, 7) is 4.88. The maximum absolute atomic E-state index is 10.7. The molecule has 1 aliphatic carbocycles. The van der Waals surface area contributed by atoms with Crippen molar-refractivity contribution in [3.05, 3.63) is 0 Å². The van der Waals surface area contributed by atoms with E-state index in [1.165, 1.54) is 0 Å². The van der Waals surface area contributed by atoms with Gasteiger partial charge in [-0.05, 0) is 36.6 Å². The van der Waals surface area contributed by atoms with Crippen LogP contribution in [0.5, 0.6) is 0 Å². The van der Waals surface area contributed by atoms with E-state index in [0.717, 1.165) is 19.3 Å². The molecule has 1 saturated carbocycles. The molecular weight excluding hydrogens is 166 g/mol. The van der Waals surface area contributed by atoms with Crippen LogP contribution in [0.4, 0.5) is 0 Å². The fraction of sp³-hybridized carbons (Fsp3) is 0.900. The normalized spacial score (nSPS) is 31.9. The summed E-state index contributed by atoms with van der Waals surface area (Å²) < 4.78 is 0. The molecule has 76 valence electrons. The van der Waals surface area contributed by atoms with E-state index in [1.807, 2.05) is 0 Å². The molecule has 0 saturated heterocycles. The summed E-state index contributed by atoms with van der Waals surface area (Å²) in [5.41, 5.74) is 5.82. The monoisotopic (exact) mass is 185 g/mol. The Labute approximate surface area is 79.3 Å². The Morgan fingerprint density at radius 1 is 1.46 bits per heavy atom. The van der Waals surface area contributed by atoms with Crippen LogP contribution in [-0.4, -0.2) is 17.6 Å². The predicted molar refractivity (Wildman–Crippen MR) is 51.4 cm³/mol. The molecule has 0 aliphatic heterocycles. The van der Waals surface area contributed by atoms with Crippen LogP contribution in [0.3, 0.4) is 0 Å². The zero-order valence-corrected chi connectivity index (χ0v) is 8.47. The molecule has 3 N–H and O–H groups in total. The van der Waals surface area contributed by atoms with Crippen molar-refractivity contribution >= 4 is 5.97 Å². The van der Waals surface area contributed by atoms with Gasteiger partial charge in [-0.1, -0.05) is 13.8 Å². The Morgan fingerprint density at radius 3 is 2.38 bits per heavy atom. The Morgan fingerprint density at radius 2 is 2.08 bits per heavy atom. The van der Waals surface area contributed by atoms with Crippen LogP contribution >= 0.6 is 0 Å². The molecule has 0 heterocycles. The van der Waals surface area contributed by atoms with Crippen LogP contribution in [-0.2, 0) is 4.79 Å². The number of hydrogen-bond donors (Lipinski definition) is 2. The van der Waals surface area contributed by atoms with Crippen LogP contribution < -0.4 is 5.73 Å². The van der Waals surface area contributed by atoms with Crippen molar-refractivity contribution in [3.8, 4) is 0 Å². The van der Waals surface area contributed by atoms with E-state index in [2.05, 4.69) is 13.8 Å². The topological polar surface area (TPSA) is 63.3 Å². The van der Waals surface area contributed by atoms with Gasteiger partial charge in [-0.25, -0.2) is 0 Å². The molecule has 1 rings (SSSR count). The van der Waals surface area contributed by atoms with Gasteiger partial charge in [-0.2, -0.15) is 0 Å². The SMILES string of the molecule is CC1(C)CC[C@@](CN)(CC(=O)O)C1. The molecule has 13 heavy (non-hydrogen) atoms. The highest BCUT2D eigenvalue weighted by atomic mass is 16.4. The Kier molecular flexibility index (Phi) is 2.66. The van der Waals surface area contributed by atoms with Crippen molar-refractivity contribution in [1.29, 1.82) is 0 Å². The van der Waals surface area contributed by atoms with Gasteiger partial charge < -0.3 is 10.8 Å². The molecule has 1 atom stereocenters. The Hall–Kier alpha value is -0.570. The van der Waals surface area contributed by atoms with Gasteiger partial charge in [-0.3, -0.25) is 4.79 Å². The van der Waals surface area contributed by atoms with Crippen molar-refractivity contribution in [1.82, 2.24) is 0 Å². The Balaban J connectivity index is 2.68. The summed E-state index contributed by atoms with van der Waals surface area (Å²) >= 11 is 0. The minimum Gasteiger partial charge on any atom is -0.481 e. The van der Waals surface area contributed by atoms with Crippen LogP contribution in [0.2, 0.25) is 0 Å². The minimum absolute atomic E-state index is 0.130. The molecule has 1 fully saturated rings. The molecule has 3 nitrogen and oxygen atoms in total. The fourth-order valence-corrected chi connectivity index (χ4v) is 2.51. The number of carboxylic acids is 1. The lowest BCUT2D eigenvalue weighted by Crippen LogP contribution is -2.31. The Bertz CT molecular complexity index is 213. The first-order valence-electron chi connectivity index (χ1n) is 4.81. The van der Waals surface area contributed by atoms with E-state index in [-0.39, 0.29) is 17.3 Å². The third-order valence-electron chi connectivity index (χ3n) is 3.14. The summed E-state index contributed by atoms with van der Waals surface area (Å²) in [7, 11) is 0.